The summed E-state index contributed by atoms with van der Waals surface area (Å²) < 4.78 is 10.8. The van der Waals surface area contributed by atoms with Crippen molar-refractivity contribution in [1.82, 2.24) is 0 Å². The van der Waals surface area contributed by atoms with Gasteiger partial charge >= 0.3 is 0 Å². The van der Waals surface area contributed by atoms with Crippen molar-refractivity contribution in [2.45, 2.75) is 51.4 Å². The predicted molar refractivity (Wildman–Crippen MR) is 65.5 cm³/mol. The van der Waals surface area contributed by atoms with E-state index < -0.39 is 0 Å². The highest BCUT2D eigenvalue weighted by Crippen LogP contribution is 2.67. The first-order valence-electron chi connectivity index (χ1n) is 7.52. The summed E-state index contributed by atoms with van der Waals surface area (Å²) >= 11 is 0. The van der Waals surface area contributed by atoms with E-state index in [1.807, 2.05) is 6.92 Å². The van der Waals surface area contributed by atoms with E-state index >= 15 is 0 Å². The lowest BCUT2D eigenvalue weighted by molar-refractivity contribution is -0.181. The predicted octanol–water partition coefficient (Wildman–Crippen LogP) is 2.59. The zero-order valence-electron chi connectivity index (χ0n) is 11.0. The molecular formula is C15H22O3. The second-order valence-electron chi connectivity index (χ2n) is 6.86. The molecule has 0 radical (unpaired) electrons. The molecule has 0 spiro atoms. The van der Waals surface area contributed by atoms with Gasteiger partial charge in [-0.05, 0) is 74.5 Å². The summed E-state index contributed by atoms with van der Waals surface area (Å²) in [6, 6.07) is 0. The van der Waals surface area contributed by atoms with E-state index in [0.717, 1.165) is 35.5 Å². The summed E-state index contributed by atoms with van der Waals surface area (Å²) in [5.41, 5.74) is 0. The number of carbonyl (C=O) groups is 1. The zero-order valence-corrected chi connectivity index (χ0v) is 11.0. The normalized spacial score (nSPS) is 53.5. The first-order valence-corrected chi connectivity index (χ1v) is 7.52. The highest BCUT2D eigenvalue weighted by atomic mass is 16.7. The van der Waals surface area contributed by atoms with Crippen molar-refractivity contribution < 1.29 is 14.3 Å². The molecule has 3 nitrogen and oxygen atoms in total. The highest BCUT2D eigenvalue weighted by Gasteiger charge is 2.62. The van der Waals surface area contributed by atoms with E-state index in [1.54, 1.807) is 0 Å². The van der Waals surface area contributed by atoms with Crippen LogP contribution >= 0.6 is 0 Å². The van der Waals surface area contributed by atoms with Crippen LogP contribution in [-0.4, -0.2) is 18.9 Å². The Morgan fingerprint density at radius 2 is 1.83 bits per heavy atom. The van der Waals surface area contributed by atoms with Crippen molar-refractivity contribution in [2.24, 2.45) is 35.5 Å². The molecule has 4 saturated carbocycles. The van der Waals surface area contributed by atoms with Gasteiger partial charge in [0.05, 0.1) is 6.10 Å². The second-order valence-corrected chi connectivity index (χ2v) is 6.86. The van der Waals surface area contributed by atoms with Crippen LogP contribution in [0.3, 0.4) is 0 Å². The van der Waals surface area contributed by atoms with Gasteiger partial charge in [-0.15, -0.1) is 0 Å². The average Bonchev–Trinajstić information content (AvgIpc) is 3.07. The minimum absolute atomic E-state index is 0.352. The third kappa shape index (κ3) is 1.43. The topological polar surface area (TPSA) is 35.5 Å². The lowest BCUT2D eigenvalue weighted by Gasteiger charge is -2.39. The Bertz CT molecular complexity index is 356. The van der Waals surface area contributed by atoms with E-state index in [9.17, 15) is 4.79 Å². The molecule has 3 heteroatoms. The summed E-state index contributed by atoms with van der Waals surface area (Å²) in [4.78, 5) is 10.3. The fourth-order valence-electron chi connectivity index (χ4n) is 6.02. The van der Waals surface area contributed by atoms with Crippen LogP contribution in [-0.2, 0) is 14.3 Å². The Morgan fingerprint density at radius 3 is 2.61 bits per heavy atom. The molecule has 0 saturated heterocycles. The van der Waals surface area contributed by atoms with Crippen molar-refractivity contribution in [3.8, 4) is 0 Å². The molecule has 18 heavy (non-hydrogen) atoms. The minimum Gasteiger partial charge on any atom is -0.438 e. The molecule has 0 aromatic heterocycles. The maximum atomic E-state index is 10.3. The van der Waals surface area contributed by atoms with Crippen LogP contribution in [0.15, 0.2) is 0 Å². The zero-order chi connectivity index (χ0) is 12.3. The van der Waals surface area contributed by atoms with E-state index in [4.69, 9.17) is 9.47 Å². The minimum atomic E-state index is -0.371. The molecule has 0 N–H and O–H groups in total. The van der Waals surface area contributed by atoms with Crippen molar-refractivity contribution >= 4 is 6.47 Å². The summed E-state index contributed by atoms with van der Waals surface area (Å²) in [7, 11) is 0. The van der Waals surface area contributed by atoms with Gasteiger partial charge in [-0.2, -0.15) is 0 Å². The van der Waals surface area contributed by atoms with Crippen molar-refractivity contribution in [3.63, 3.8) is 0 Å². The Morgan fingerprint density at radius 1 is 1.06 bits per heavy atom. The monoisotopic (exact) mass is 250 g/mol. The molecule has 8 unspecified atom stereocenters. The Kier molecular flexibility index (Phi) is 2.48. The van der Waals surface area contributed by atoms with Gasteiger partial charge in [0, 0.05) is 0 Å². The highest BCUT2D eigenvalue weighted by molar-refractivity contribution is 5.37. The molecular weight excluding hydrogens is 228 g/mol. The summed E-state index contributed by atoms with van der Waals surface area (Å²) in [5.74, 6) is 5.66. The Balaban J connectivity index is 1.47. The summed E-state index contributed by atoms with van der Waals surface area (Å²) in [6.07, 6.45) is 7.01. The molecule has 0 amide bonds. The standard InChI is InChI=1S/C15H22O3/c1-8(17-7-16)18-13-6-11-5-12(13)15-10-3-2-9(4-10)14(11)15/h7-15H,2-6H2,1H3. The molecule has 4 fully saturated rings. The van der Waals surface area contributed by atoms with Gasteiger partial charge in [0.2, 0.25) is 0 Å². The summed E-state index contributed by atoms with van der Waals surface area (Å²) in [6.45, 7) is 2.33. The molecule has 0 heterocycles. The van der Waals surface area contributed by atoms with E-state index in [2.05, 4.69) is 0 Å². The third-order valence-corrected chi connectivity index (χ3v) is 6.29. The lowest BCUT2D eigenvalue weighted by atomic mass is 9.70. The largest absolute Gasteiger partial charge is 0.438 e. The molecule has 100 valence electrons. The van der Waals surface area contributed by atoms with Crippen molar-refractivity contribution in [3.05, 3.63) is 0 Å². The van der Waals surface area contributed by atoms with Gasteiger partial charge in [-0.3, -0.25) is 4.79 Å². The maximum absolute atomic E-state index is 10.3. The Labute approximate surface area is 108 Å². The van der Waals surface area contributed by atoms with Gasteiger partial charge in [-0.25, -0.2) is 0 Å². The number of hydrogen-bond donors (Lipinski definition) is 0. The molecule has 8 atom stereocenters. The van der Waals surface area contributed by atoms with Gasteiger partial charge in [0.25, 0.3) is 6.47 Å². The maximum Gasteiger partial charge on any atom is 0.295 e. The van der Waals surface area contributed by atoms with Crippen LogP contribution in [0.2, 0.25) is 0 Å². The van der Waals surface area contributed by atoms with E-state index in [-0.39, 0.29) is 6.29 Å². The SMILES string of the molecule is CC(OC=O)OC1CC2CC1C1C3CCC(C3)C21. The van der Waals surface area contributed by atoms with Crippen molar-refractivity contribution in [2.75, 3.05) is 0 Å². The number of hydrogen-bond acceptors (Lipinski definition) is 3. The van der Waals surface area contributed by atoms with Gasteiger partial charge in [-0.1, -0.05) is 0 Å². The molecule has 0 aromatic carbocycles. The molecule has 4 rings (SSSR count). The van der Waals surface area contributed by atoms with E-state index in [1.165, 1.54) is 32.1 Å². The second kappa shape index (κ2) is 3.96. The Hall–Kier alpha value is -0.570. The lowest BCUT2D eigenvalue weighted by Crippen LogP contribution is -2.38. The fraction of sp³-hybridized carbons (Fsp3) is 0.933. The van der Waals surface area contributed by atoms with Crippen LogP contribution in [0.4, 0.5) is 0 Å². The molecule has 4 aliphatic rings. The van der Waals surface area contributed by atoms with Crippen LogP contribution in [0.25, 0.3) is 0 Å². The first kappa shape index (κ1) is 11.3. The number of carbonyl (C=O) groups excluding carboxylic acids is 1. The van der Waals surface area contributed by atoms with Crippen molar-refractivity contribution in [1.29, 1.82) is 0 Å². The average molecular weight is 250 g/mol. The third-order valence-electron chi connectivity index (χ3n) is 6.29. The smallest absolute Gasteiger partial charge is 0.295 e. The van der Waals surface area contributed by atoms with Crippen LogP contribution in [0.5, 0.6) is 0 Å². The van der Waals surface area contributed by atoms with Crippen LogP contribution < -0.4 is 0 Å². The first-order chi connectivity index (χ1) is 8.78. The van der Waals surface area contributed by atoms with Gasteiger partial charge in [0.15, 0.2) is 6.29 Å². The molecule has 4 aliphatic carbocycles. The number of ether oxygens (including phenoxy) is 2. The van der Waals surface area contributed by atoms with Gasteiger partial charge < -0.3 is 9.47 Å². The number of rotatable bonds is 4. The van der Waals surface area contributed by atoms with Gasteiger partial charge in [0.1, 0.15) is 0 Å². The fourth-order valence-corrected chi connectivity index (χ4v) is 6.02. The van der Waals surface area contributed by atoms with Crippen LogP contribution in [0, 0.1) is 35.5 Å². The summed E-state index contributed by atoms with van der Waals surface area (Å²) in [5, 5.41) is 0. The van der Waals surface area contributed by atoms with Crippen LogP contribution in [0.1, 0.15) is 39.0 Å². The molecule has 0 aromatic rings. The van der Waals surface area contributed by atoms with E-state index in [0.29, 0.717) is 12.6 Å². The molecule has 0 aliphatic heterocycles. The number of fused-ring (bicyclic) bond motifs is 9. The molecule has 4 bridgehead atoms. The quantitative estimate of drug-likeness (QED) is 0.437.